The van der Waals surface area contributed by atoms with E-state index in [9.17, 15) is 19.5 Å². The van der Waals surface area contributed by atoms with Crippen molar-refractivity contribution in [3.63, 3.8) is 0 Å². The average Bonchev–Trinajstić information content (AvgIpc) is 2.73. The van der Waals surface area contributed by atoms with Gasteiger partial charge in [-0.15, -0.1) is 0 Å². The highest BCUT2D eigenvalue weighted by Crippen LogP contribution is 2.52. The molecule has 6 heteroatoms. The van der Waals surface area contributed by atoms with Crippen molar-refractivity contribution in [2.75, 3.05) is 27.7 Å². The van der Waals surface area contributed by atoms with Gasteiger partial charge in [0.2, 0.25) is 5.34 Å². The van der Waals surface area contributed by atoms with Crippen LogP contribution in [0.25, 0.3) is 0 Å². The molecule has 1 atom stereocenters. The van der Waals surface area contributed by atoms with Crippen molar-refractivity contribution >= 4 is 7.60 Å². The molecule has 0 saturated heterocycles. The number of aliphatic hydroxyl groups is 1. The van der Waals surface area contributed by atoms with E-state index in [1.807, 2.05) is 21.1 Å². The van der Waals surface area contributed by atoms with Crippen LogP contribution in [0.15, 0.2) is 24.3 Å². The standard InChI is InChI=1S/C28H56NO4P/c1-5-6-7-8-9-10-11-12-13-14-15-16-17-18-19-20-21-22-23-24-25-26-28(30,34(31,32)33)27-29(2,3)4/h16-17,21-22,30H,5-15,18-20,23-27H2,1-4H3,(H-,31,32,33)/p+1/b17-16-,22-21-. The second-order valence-corrected chi connectivity index (χ2v) is 13.0. The normalized spacial score (nSPS) is 14.9. The van der Waals surface area contributed by atoms with Crippen LogP contribution >= 0.6 is 7.60 Å². The molecule has 5 nitrogen and oxygen atoms in total. The van der Waals surface area contributed by atoms with Crippen LogP contribution in [-0.4, -0.2) is 52.4 Å². The maximum atomic E-state index is 11.8. The number of hydrogen-bond acceptors (Lipinski definition) is 2. The van der Waals surface area contributed by atoms with Gasteiger partial charge in [0, 0.05) is 0 Å². The molecule has 0 amide bonds. The van der Waals surface area contributed by atoms with Crippen LogP contribution < -0.4 is 0 Å². The van der Waals surface area contributed by atoms with E-state index in [2.05, 4.69) is 31.2 Å². The number of nitrogens with zero attached hydrogens (tertiary/aromatic N) is 1. The van der Waals surface area contributed by atoms with Gasteiger partial charge < -0.3 is 19.4 Å². The SMILES string of the molecule is CCCCCCCCCCCC/C=C\CCC/C=C\CCCCC(O)(C[N+](C)(C)C)P(=O)(O)O. The summed E-state index contributed by atoms with van der Waals surface area (Å²) in [6.45, 7) is 2.31. The van der Waals surface area contributed by atoms with Crippen molar-refractivity contribution in [1.82, 2.24) is 0 Å². The molecule has 0 saturated carbocycles. The van der Waals surface area contributed by atoms with Gasteiger partial charge in [-0.3, -0.25) is 4.57 Å². The molecule has 0 radical (unpaired) electrons. The highest BCUT2D eigenvalue weighted by atomic mass is 31.2. The Morgan fingerprint density at radius 1 is 0.647 bits per heavy atom. The highest BCUT2D eigenvalue weighted by molar-refractivity contribution is 7.53. The van der Waals surface area contributed by atoms with E-state index in [1.54, 1.807) is 0 Å². The molecule has 0 aromatic heterocycles. The number of likely N-dealkylation sites (N-methyl/N-ethyl adjacent to an activating group) is 1. The van der Waals surface area contributed by atoms with Crippen molar-refractivity contribution in [3.8, 4) is 0 Å². The predicted octanol–water partition coefficient (Wildman–Crippen LogP) is 7.71. The van der Waals surface area contributed by atoms with Gasteiger partial charge in [-0.05, 0) is 57.8 Å². The zero-order valence-electron chi connectivity index (χ0n) is 22.9. The molecular weight excluding hydrogens is 445 g/mol. The summed E-state index contributed by atoms with van der Waals surface area (Å²) in [5.41, 5.74) is 0. The maximum Gasteiger partial charge on any atom is 0.362 e. The van der Waals surface area contributed by atoms with Gasteiger partial charge in [-0.1, -0.05) is 89.0 Å². The molecule has 0 heterocycles. The van der Waals surface area contributed by atoms with Gasteiger partial charge in [-0.2, -0.15) is 0 Å². The van der Waals surface area contributed by atoms with Crippen LogP contribution in [0.1, 0.15) is 122 Å². The fourth-order valence-corrected chi connectivity index (χ4v) is 5.38. The Morgan fingerprint density at radius 2 is 1.03 bits per heavy atom. The number of unbranched alkanes of at least 4 members (excludes halogenated alkanes) is 14. The first-order valence-electron chi connectivity index (χ1n) is 13.9. The van der Waals surface area contributed by atoms with E-state index in [0.29, 0.717) is 10.9 Å². The van der Waals surface area contributed by atoms with E-state index < -0.39 is 12.9 Å². The lowest BCUT2D eigenvalue weighted by Gasteiger charge is -2.35. The van der Waals surface area contributed by atoms with E-state index in [4.69, 9.17) is 0 Å². The monoisotopic (exact) mass is 502 g/mol. The van der Waals surface area contributed by atoms with Crippen LogP contribution in [0.3, 0.4) is 0 Å². The largest absolute Gasteiger partial charge is 0.373 e. The van der Waals surface area contributed by atoms with Gasteiger partial charge >= 0.3 is 7.60 Å². The molecule has 0 spiro atoms. The number of allylic oxidation sites excluding steroid dienone is 4. The molecule has 202 valence electrons. The zero-order valence-corrected chi connectivity index (χ0v) is 23.8. The van der Waals surface area contributed by atoms with Crippen molar-refractivity contribution in [2.24, 2.45) is 0 Å². The smallest absolute Gasteiger partial charge is 0.362 e. The second-order valence-electron chi connectivity index (χ2n) is 11.1. The fourth-order valence-electron chi connectivity index (χ4n) is 4.32. The van der Waals surface area contributed by atoms with Crippen molar-refractivity contribution in [1.29, 1.82) is 0 Å². The summed E-state index contributed by atoms with van der Waals surface area (Å²) >= 11 is 0. The van der Waals surface area contributed by atoms with Crippen molar-refractivity contribution in [2.45, 2.75) is 128 Å². The number of hydrogen-bond donors (Lipinski definition) is 3. The third-order valence-electron chi connectivity index (χ3n) is 6.27. The van der Waals surface area contributed by atoms with Crippen molar-refractivity contribution in [3.05, 3.63) is 24.3 Å². The Kier molecular flexibility index (Phi) is 19.4. The first kappa shape index (κ1) is 33.5. The molecule has 0 rings (SSSR count). The average molecular weight is 503 g/mol. The van der Waals surface area contributed by atoms with Crippen LogP contribution in [0.4, 0.5) is 0 Å². The number of rotatable bonds is 23. The molecule has 1 unspecified atom stereocenters. The lowest BCUT2D eigenvalue weighted by Crippen LogP contribution is -2.49. The Labute approximate surface area is 211 Å². The molecule has 0 fully saturated rings. The Balaban J connectivity index is 3.65. The second kappa shape index (κ2) is 19.7. The summed E-state index contributed by atoms with van der Waals surface area (Å²) in [6.07, 6.45) is 29.9. The summed E-state index contributed by atoms with van der Waals surface area (Å²) in [6, 6.07) is 0. The minimum Gasteiger partial charge on any atom is -0.373 e. The molecule has 0 aromatic carbocycles. The molecule has 0 aliphatic heterocycles. The van der Waals surface area contributed by atoms with Crippen LogP contribution in [0, 0.1) is 0 Å². The topological polar surface area (TPSA) is 77.8 Å². The summed E-state index contributed by atoms with van der Waals surface area (Å²) in [7, 11) is 0.925. The first-order valence-corrected chi connectivity index (χ1v) is 15.5. The van der Waals surface area contributed by atoms with E-state index >= 15 is 0 Å². The van der Waals surface area contributed by atoms with Gasteiger partial charge in [0.25, 0.3) is 0 Å². The lowest BCUT2D eigenvalue weighted by atomic mass is 10.1. The van der Waals surface area contributed by atoms with Gasteiger partial charge in [-0.25, -0.2) is 0 Å². The Hall–Kier alpha value is -0.450. The quantitative estimate of drug-likeness (QED) is 0.0578. The third-order valence-corrected chi connectivity index (χ3v) is 7.72. The Bertz CT molecular complexity index is 579. The molecule has 0 aliphatic rings. The minimum atomic E-state index is -4.56. The predicted molar refractivity (Wildman–Crippen MR) is 147 cm³/mol. The van der Waals surface area contributed by atoms with Crippen molar-refractivity contribution < 1.29 is 23.9 Å². The minimum absolute atomic E-state index is 0.0415. The highest BCUT2D eigenvalue weighted by Gasteiger charge is 2.48. The Morgan fingerprint density at radius 3 is 1.44 bits per heavy atom. The van der Waals surface area contributed by atoms with Crippen LogP contribution in [0.5, 0.6) is 0 Å². The third kappa shape index (κ3) is 19.8. The van der Waals surface area contributed by atoms with Gasteiger partial charge in [0.1, 0.15) is 6.54 Å². The van der Waals surface area contributed by atoms with E-state index in [-0.39, 0.29) is 13.0 Å². The number of quaternary nitrogens is 1. The van der Waals surface area contributed by atoms with Gasteiger partial charge in [0.15, 0.2) is 0 Å². The molecule has 0 aromatic rings. The van der Waals surface area contributed by atoms with Gasteiger partial charge in [0.05, 0.1) is 21.1 Å². The molecule has 0 bridgehead atoms. The summed E-state index contributed by atoms with van der Waals surface area (Å²) < 4.78 is 12.1. The molecule has 0 aliphatic carbocycles. The van der Waals surface area contributed by atoms with Crippen LogP contribution in [0.2, 0.25) is 0 Å². The molecule has 3 N–H and O–H groups in total. The summed E-state index contributed by atoms with van der Waals surface area (Å²) in [4.78, 5) is 19.2. The fraction of sp³-hybridized carbons (Fsp3) is 0.857. The summed E-state index contributed by atoms with van der Waals surface area (Å²) in [5.74, 6) is 0. The van der Waals surface area contributed by atoms with E-state index in [1.165, 1.54) is 70.6 Å². The zero-order chi connectivity index (χ0) is 25.8. The van der Waals surface area contributed by atoms with Crippen LogP contribution in [-0.2, 0) is 4.57 Å². The lowest BCUT2D eigenvalue weighted by molar-refractivity contribution is -0.875. The summed E-state index contributed by atoms with van der Waals surface area (Å²) in [5, 5.41) is 8.60. The molecular formula is C28H57NO4P+. The first-order chi connectivity index (χ1) is 16.0. The molecule has 34 heavy (non-hydrogen) atoms. The maximum absolute atomic E-state index is 11.8. The van der Waals surface area contributed by atoms with E-state index in [0.717, 1.165) is 32.1 Å².